The number of rotatable bonds is 6. The van der Waals surface area contributed by atoms with E-state index in [4.69, 9.17) is 5.73 Å². The summed E-state index contributed by atoms with van der Waals surface area (Å²) >= 11 is 0. The zero-order valence-corrected chi connectivity index (χ0v) is 13.0. The number of aryl methyl sites for hydroxylation is 2. The molecule has 0 bridgehead atoms. The second-order valence-corrected chi connectivity index (χ2v) is 6.73. The van der Waals surface area contributed by atoms with E-state index in [1.54, 1.807) is 29.1 Å². The summed E-state index contributed by atoms with van der Waals surface area (Å²) < 4.78 is 28.7. The third-order valence-corrected chi connectivity index (χ3v) is 4.77. The average molecular weight is 308 g/mol. The monoisotopic (exact) mass is 308 g/mol. The van der Waals surface area contributed by atoms with E-state index in [1.165, 1.54) is 0 Å². The van der Waals surface area contributed by atoms with Crippen LogP contribution in [0.5, 0.6) is 0 Å². The molecule has 0 saturated carbocycles. The largest absolute Gasteiger partial charge is 0.326 e. The van der Waals surface area contributed by atoms with Gasteiger partial charge in [-0.1, -0.05) is 6.07 Å². The zero-order valence-electron chi connectivity index (χ0n) is 12.2. The number of hydrogen-bond acceptors (Lipinski definition) is 4. The number of sulfonamides is 1. The molecule has 0 spiro atoms. The van der Waals surface area contributed by atoms with Crippen LogP contribution in [0.4, 0.5) is 0 Å². The highest BCUT2D eigenvalue weighted by Gasteiger charge is 2.14. The fourth-order valence-electron chi connectivity index (χ4n) is 2.08. The van der Waals surface area contributed by atoms with Crippen molar-refractivity contribution in [1.82, 2.24) is 14.5 Å². The third-order valence-electron chi connectivity index (χ3n) is 3.31. The Hall–Kier alpha value is -1.70. The second-order valence-electron chi connectivity index (χ2n) is 4.96. The molecular weight excluding hydrogens is 288 g/mol. The Kier molecular flexibility index (Phi) is 4.76. The molecule has 0 radical (unpaired) electrons. The van der Waals surface area contributed by atoms with Crippen molar-refractivity contribution in [2.24, 2.45) is 12.8 Å². The van der Waals surface area contributed by atoms with Crippen LogP contribution in [0, 0.1) is 6.92 Å². The van der Waals surface area contributed by atoms with E-state index < -0.39 is 10.0 Å². The fraction of sp³-hybridized carbons (Fsp3) is 0.357. The van der Waals surface area contributed by atoms with Crippen LogP contribution in [0.2, 0.25) is 0 Å². The van der Waals surface area contributed by atoms with Gasteiger partial charge in [0.1, 0.15) is 0 Å². The summed E-state index contributed by atoms with van der Waals surface area (Å²) in [5.74, 6) is 0. The molecule has 6 nitrogen and oxygen atoms in total. The van der Waals surface area contributed by atoms with Crippen molar-refractivity contribution in [2.75, 3.05) is 6.54 Å². The van der Waals surface area contributed by atoms with Gasteiger partial charge in [0.2, 0.25) is 10.0 Å². The molecule has 2 aromatic rings. The van der Waals surface area contributed by atoms with Crippen LogP contribution in [0.1, 0.15) is 16.7 Å². The number of hydrogen-bond donors (Lipinski definition) is 2. The van der Waals surface area contributed by atoms with Gasteiger partial charge >= 0.3 is 0 Å². The zero-order chi connectivity index (χ0) is 15.5. The van der Waals surface area contributed by atoms with Crippen molar-refractivity contribution in [2.45, 2.75) is 24.8 Å². The predicted molar refractivity (Wildman–Crippen MR) is 81.2 cm³/mol. The van der Waals surface area contributed by atoms with Crippen molar-refractivity contribution in [3.63, 3.8) is 0 Å². The molecule has 3 N–H and O–H groups in total. The smallest absolute Gasteiger partial charge is 0.240 e. The maximum atomic E-state index is 12.2. The molecule has 0 fully saturated rings. The van der Waals surface area contributed by atoms with Gasteiger partial charge in [0.05, 0.1) is 11.1 Å². The Morgan fingerprint density at radius 1 is 1.38 bits per heavy atom. The fourth-order valence-corrected chi connectivity index (χ4v) is 3.20. The molecular formula is C14H20N4O2S. The number of nitrogens with one attached hydrogen (secondary N) is 1. The van der Waals surface area contributed by atoms with Crippen molar-refractivity contribution in [3.05, 3.63) is 47.3 Å². The van der Waals surface area contributed by atoms with E-state index in [1.807, 2.05) is 20.2 Å². The van der Waals surface area contributed by atoms with Crippen molar-refractivity contribution in [1.29, 1.82) is 0 Å². The lowest BCUT2D eigenvalue weighted by atomic mass is 10.1. The van der Waals surface area contributed by atoms with Gasteiger partial charge in [-0.05, 0) is 42.2 Å². The van der Waals surface area contributed by atoms with Gasteiger partial charge in [0, 0.05) is 26.3 Å². The van der Waals surface area contributed by atoms with Crippen LogP contribution in [0.25, 0.3) is 0 Å². The molecule has 21 heavy (non-hydrogen) atoms. The molecule has 1 aromatic carbocycles. The number of nitrogens with two attached hydrogens (primary N) is 1. The lowest BCUT2D eigenvalue weighted by molar-refractivity contribution is 0.581. The predicted octanol–water partition coefficient (Wildman–Crippen LogP) is 0.708. The molecule has 1 heterocycles. The standard InChI is InChI=1S/C14H20N4O2S/c1-11-7-14(4-3-13(11)8-15)21(19,20)17-6-5-12-9-16-18(2)10-12/h3-4,7,9-10,17H,5-6,8,15H2,1-2H3. The molecule has 0 aliphatic rings. The van der Waals surface area contributed by atoms with E-state index in [9.17, 15) is 8.42 Å². The first kappa shape index (κ1) is 15.7. The summed E-state index contributed by atoms with van der Waals surface area (Å²) in [6, 6.07) is 4.99. The first-order valence-electron chi connectivity index (χ1n) is 6.69. The molecule has 7 heteroatoms. The van der Waals surface area contributed by atoms with E-state index in [0.29, 0.717) is 19.5 Å². The minimum atomic E-state index is -3.49. The number of aromatic nitrogens is 2. The highest BCUT2D eigenvalue weighted by Crippen LogP contribution is 2.15. The Bertz CT molecular complexity index is 722. The molecule has 0 atom stereocenters. The summed E-state index contributed by atoms with van der Waals surface area (Å²) in [4.78, 5) is 0.267. The number of nitrogens with zero attached hydrogens (tertiary/aromatic N) is 2. The summed E-state index contributed by atoms with van der Waals surface area (Å²) in [5.41, 5.74) is 8.41. The maximum Gasteiger partial charge on any atom is 0.240 e. The highest BCUT2D eigenvalue weighted by atomic mass is 32.2. The Labute approximate surface area is 125 Å². The topological polar surface area (TPSA) is 90.0 Å². The molecule has 0 unspecified atom stereocenters. The molecule has 0 amide bonds. The molecule has 0 aliphatic carbocycles. The first-order valence-corrected chi connectivity index (χ1v) is 8.17. The van der Waals surface area contributed by atoms with Crippen LogP contribution >= 0.6 is 0 Å². The molecule has 2 rings (SSSR count). The van der Waals surface area contributed by atoms with E-state index in [-0.39, 0.29) is 4.90 Å². The third kappa shape index (κ3) is 3.90. The van der Waals surface area contributed by atoms with Crippen LogP contribution in [-0.4, -0.2) is 24.7 Å². The van der Waals surface area contributed by atoms with Gasteiger partial charge in [0.15, 0.2) is 0 Å². The summed E-state index contributed by atoms with van der Waals surface area (Å²) in [7, 11) is -1.66. The highest BCUT2D eigenvalue weighted by molar-refractivity contribution is 7.89. The van der Waals surface area contributed by atoms with Crippen LogP contribution in [0.15, 0.2) is 35.5 Å². The van der Waals surface area contributed by atoms with Crippen molar-refractivity contribution in [3.8, 4) is 0 Å². The van der Waals surface area contributed by atoms with Crippen molar-refractivity contribution < 1.29 is 8.42 Å². The average Bonchev–Trinajstić information content (AvgIpc) is 2.84. The van der Waals surface area contributed by atoms with E-state index in [2.05, 4.69) is 9.82 Å². The van der Waals surface area contributed by atoms with E-state index in [0.717, 1.165) is 16.7 Å². The van der Waals surface area contributed by atoms with Crippen molar-refractivity contribution >= 4 is 10.0 Å². The minimum Gasteiger partial charge on any atom is -0.326 e. The summed E-state index contributed by atoms with van der Waals surface area (Å²) in [6.45, 7) is 2.60. The Balaban J connectivity index is 2.02. The Morgan fingerprint density at radius 3 is 2.71 bits per heavy atom. The molecule has 1 aromatic heterocycles. The maximum absolute atomic E-state index is 12.2. The van der Waals surface area contributed by atoms with Crippen LogP contribution < -0.4 is 10.5 Å². The van der Waals surface area contributed by atoms with Gasteiger partial charge in [0.25, 0.3) is 0 Å². The summed E-state index contributed by atoms with van der Waals surface area (Å²) in [5, 5.41) is 4.05. The summed E-state index contributed by atoms with van der Waals surface area (Å²) in [6.07, 6.45) is 4.20. The minimum absolute atomic E-state index is 0.267. The Morgan fingerprint density at radius 2 is 2.14 bits per heavy atom. The van der Waals surface area contributed by atoms with Gasteiger partial charge < -0.3 is 5.73 Å². The van der Waals surface area contributed by atoms with Gasteiger partial charge in [-0.15, -0.1) is 0 Å². The molecule has 0 aliphatic heterocycles. The van der Waals surface area contributed by atoms with E-state index >= 15 is 0 Å². The van der Waals surface area contributed by atoms with Gasteiger partial charge in [-0.3, -0.25) is 4.68 Å². The SMILES string of the molecule is Cc1cc(S(=O)(=O)NCCc2cnn(C)c2)ccc1CN. The number of benzene rings is 1. The van der Waals surface area contributed by atoms with Crippen LogP contribution in [-0.2, 0) is 30.0 Å². The van der Waals surface area contributed by atoms with Crippen LogP contribution in [0.3, 0.4) is 0 Å². The van der Waals surface area contributed by atoms with Gasteiger partial charge in [-0.25, -0.2) is 13.1 Å². The first-order chi connectivity index (χ1) is 9.92. The second kappa shape index (κ2) is 6.38. The molecule has 114 valence electrons. The lowest BCUT2D eigenvalue weighted by Gasteiger charge is -2.09. The van der Waals surface area contributed by atoms with Gasteiger partial charge in [-0.2, -0.15) is 5.10 Å². The quantitative estimate of drug-likeness (QED) is 0.822. The normalized spacial score (nSPS) is 11.8. The molecule has 0 saturated heterocycles. The lowest BCUT2D eigenvalue weighted by Crippen LogP contribution is -2.26.